The van der Waals surface area contributed by atoms with Crippen molar-refractivity contribution in [2.24, 2.45) is 17.3 Å². The predicted molar refractivity (Wildman–Crippen MR) is 155 cm³/mol. The molecule has 0 spiro atoms. The number of hydrogen-bond acceptors (Lipinski definition) is 6. The zero-order valence-corrected chi connectivity index (χ0v) is 24.8. The molecule has 226 valence electrons. The molecule has 9 nitrogen and oxygen atoms in total. The van der Waals surface area contributed by atoms with Crippen LogP contribution >= 0.6 is 0 Å². The summed E-state index contributed by atoms with van der Waals surface area (Å²) >= 11 is 0. The van der Waals surface area contributed by atoms with Crippen molar-refractivity contribution in [3.63, 3.8) is 0 Å². The molecule has 3 saturated heterocycles. The molecule has 6 aliphatic rings. The molecule has 42 heavy (non-hydrogen) atoms. The summed E-state index contributed by atoms with van der Waals surface area (Å²) in [7, 11) is 0. The van der Waals surface area contributed by atoms with Gasteiger partial charge >= 0.3 is 0 Å². The minimum absolute atomic E-state index is 0.0859. The highest BCUT2D eigenvalue weighted by molar-refractivity contribution is 6.05. The Bertz CT molecular complexity index is 1260. The summed E-state index contributed by atoms with van der Waals surface area (Å²) in [5, 5.41) is 2.37. The SMILES string of the molecule is CC1(C(=O)N2CCC(C3CN([C@@H]4CCCC[C@@H]4Oc4ccc5c(c4)CN(C4CCC(=O)NC4=O)C5=O)C3)CC2)CCC1. The van der Waals surface area contributed by atoms with Crippen molar-refractivity contribution in [2.45, 2.75) is 102 Å². The third-order valence-corrected chi connectivity index (χ3v) is 11.3. The Morgan fingerprint density at radius 2 is 1.71 bits per heavy atom. The first-order chi connectivity index (χ1) is 20.3. The molecule has 1 aromatic carbocycles. The first-order valence-electron chi connectivity index (χ1n) is 16.3. The molecule has 1 aromatic rings. The molecule has 0 aromatic heterocycles. The van der Waals surface area contributed by atoms with Crippen molar-refractivity contribution >= 4 is 23.6 Å². The molecular weight excluding hydrogens is 532 g/mol. The number of nitrogens with one attached hydrogen (secondary N) is 1. The van der Waals surface area contributed by atoms with E-state index in [2.05, 4.69) is 22.0 Å². The van der Waals surface area contributed by atoms with Crippen molar-refractivity contribution in [2.75, 3.05) is 26.2 Å². The average molecular weight is 577 g/mol. The number of imide groups is 1. The summed E-state index contributed by atoms with van der Waals surface area (Å²) in [6, 6.07) is 5.51. The third-order valence-electron chi connectivity index (χ3n) is 11.3. The lowest BCUT2D eigenvalue weighted by Gasteiger charge is -2.52. The molecule has 1 unspecified atom stereocenters. The molecule has 5 fully saturated rings. The molecule has 7 rings (SSSR count). The van der Waals surface area contributed by atoms with Crippen LogP contribution in [-0.2, 0) is 20.9 Å². The molecule has 0 radical (unpaired) electrons. The Morgan fingerprint density at radius 3 is 2.43 bits per heavy atom. The molecule has 9 heteroatoms. The normalized spacial score (nSPS) is 30.4. The van der Waals surface area contributed by atoms with Crippen molar-refractivity contribution in [3.8, 4) is 5.75 Å². The monoisotopic (exact) mass is 576 g/mol. The zero-order valence-electron chi connectivity index (χ0n) is 24.8. The van der Waals surface area contributed by atoms with Crippen LogP contribution in [0.2, 0.25) is 0 Å². The number of fused-ring (bicyclic) bond motifs is 1. The number of hydrogen-bond donors (Lipinski definition) is 1. The fraction of sp³-hybridized carbons (Fsp3) is 0.697. The van der Waals surface area contributed by atoms with Crippen molar-refractivity contribution < 1.29 is 23.9 Å². The lowest BCUT2D eigenvalue weighted by molar-refractivity contribution is -0.148. The summed E-state index contributed by atoms with van der Waals surface area (Å²) in [6.07, 6.45) is 10.9. The number of rotatable bonds is 6. The quantitative estimate of drug-likeness (QED) is 0.521. The van der Waals surface area contributed by atoms with Crippen LogP contribution in [0.1, 0.15) is 93.5 Å². The average Bonchev–Trinajstić information content (AvgIpc) is 3.27. The summed E-state index contributed by atoms with van der Waals surface area (Å²) in [5.74, 6) is 1.80. The van der Waals surface area contributed by atoms with E-state index in [0.29, 0.717) is 42.3 Å². The van der Waals surface area contributed by atoms with E-state index >= 15 is 0 Å². The topological polar surface area (TPSA) is 99.3 Å². The molecular formula is C33H44N4O5. The van der Waals surface area contributed by atoms with Crippen LogP contribution < -0.4 is 10.1 Å². The minimum Gasteiger partial charge on any atom is -0.489 e. The van der Waals surface area contributed by atoms with E-state index in [9.17, 15) is 19.2 Å². The van der Waals surface area contributed by atoms with Crippen LogP contribution in [0.25, 0.3) is 0 Å². The summed E-state index contributed by atoms with van der Waals surface area (Å²) in [4.78, 5) is 56.4. The van der Waals surface area contributed by atoms with Gasteiger partial charge in [-0.2, -0.15) is 0 Å². The highest BCUT2D eigenvalue weighted by atomic mass is 16.5. The molecule has 4 amide bonds. The van der Waals surface area contributed by atoms with Gasteiger partial charge in [0.05, 0.1) is 0 Å². The molecule has 3 atom stereocenters. The summed E-state index contributed by atoms with van der Waals surface area (Å²) in [6.45, 7) is 6.61. The van der Waals surface area contributed by atoms with Gasteiger partial charge in [0.2, 0.25) is 17.7 Å². The van der Waals surface area contributed by atoms with E-state index in [0.717, 1.165) is 82.4 Å². The van der Waals surface area contributed by atoms with Gasteiger partial charge < -0.3 is 14.5 Å². The second-order valence-corrected chi connectivity index (χ2v) is 14.0. The van der Waals surface area contributed by atoms with E-state index in [4.69, 9.17) is 4.74 Å². The number of carbonyl (C=O) groups excluding carboxylic acids is 4. The van der Waals surface area contributed by atoms with Crippen molar-refractivity contribution in [1.82, 2.24) is 20.0 Å². The van der Waals surface area contributed by atoms with Gasteiger partial charge in [-0.25, -0.2) is 0 Å². The number of piperidine rings is 2. The predicted octanol–water partition coefficient (Wildman–Crippen LogP) is 3.50. The largest absolute Gasteiger partial charge is 0.489 e. The van der Waals surface area contributed by atoms with Crippen LogP contribution in [0.5, 0.6) is 5.75 Å². The van der Waals surface area contributed by atoms with E-state index in [1.54, 1.807) is 4.90 Å². The Hall–Kier alpha value is -2.94. The van der Waals surface area contributed by atoms with E-state index < -0.39 is 6.04 Å². The van der Waals surface area contributed by atoms with Crippen LogP contribution in [0, 0.1) is 17.3 Å². The van der Waals surface area contributed by atoms with E-state index in [1.165, 1.54) is 12.8 Å². The minimum atomic E-state index is -0.604. The molecule has 4 aliphatic heterocycles. The summed E-state index contributed by atoms with van der Waals surface area (Å²) < 4.78 is 6.63. The Labute approximate surface area is 248 Å². The fourth-order valence-corrected chi connectivity index (χ4v) is 8.43. The number of nitrogens with zero attached hydrogens (tertiary/aromatic N) is 3. The molecule has 2 aliphatic carbocycles. The maximum atomic E-state index is 13.1. The van der Waals surface area contributed by atoms with Gasteiger partial charge in [-0.15, -0.1) is 0 Å². The number of benzene rings is 1. The first kappa shape index (κ1) is 27.9. The smallest absolute Gasteiger partial charge is 0.255 e. The second kappa shape index (κ2) is 11.0. The molecule has 4 heterocycles. The Balaban J connectivity index is 0.932. The lowest BCUT2D eigenvalue weighted by atomic mass is 9.69. The number of ether oxygens (including phenoxy) is 1. The van der Waals surface area contributed by atoms with E-state index in [1.807, 2.05) is 18.2 Å². The highest BCUT2D eigenvalue weighted by Crippen LogP contribution is 2.43. The number of carbonyl (C=O) groups is 4. The van der Waals surface area contributed by atoms with Gasteiger partial charge in [0.15, 0.2) is 0 Å². The first-order valence-corrected chi connectivity index (χ1v) is 16.3. The Kier molecular flexibility index (Phi) is 7.27. The van der Waals surface area contributed by atoms with Gasteiger partial charge in [-0.1, -0.05) is 19.8 Å². The lowest BCUT2D eigenvalue weighted by Crippen LogP contribution is -2.60. The summed E-state index contributed by atoms with van der Waals surface area (Å²) in [5.41, 5.74) is 1.42. The molecule has 1 N–H and O–H groups in total. The van der Waals surface area contributed by atoms with Gasteiger partial charge in [0, 0.05) is 56.2 Å². The van der Waals surface area contributed by atoms with E-state index in [-0.39, 0.29) is 35.7 Å². The zero-order chi connectivity index (χ0) is 29.0. The van der Waals surface area contributed by atoms with Crippen LogP contribution in [-0.4, -0.2) is 82.7 Å². The van der Waals surface area contributed by atoms with Crippen LogP contribution in [0.4, 0.5) is 0 Å². The van der Waals surface area contributed by atoms with Crippen LogP contribution in [0.15, 0.2) is 18.2 Å². The number of likely N-dealkylation sites (tertiary alicyclic amines) is 2. The van der Waals surface area contributed by atoms with Gasteiger partial charge in [-0.3, -0.25) is 29.4 Å². The molecule has 0 bridgehead atoms. The second-order valence-electron chi connectivity index (χ2n) is 14.0. The highest BCUT2D eigenvalue weighted by Gasteiger charge is 2.45. The van der Waals surface area contributed by atoms with Crippen LogP contribution in [0.3, 0.4) is 0 Å². The third kappa shape index (κ3) is 5.01. The molecule has 2 saturated carbocycles. The maximum absolute atomic E-state index is 13.1. The number of amides is 4. The van der Waals surface area contributed by atoms with Gasteiger partial charge in [0.25, 0.3) is 5.91 Å². The fourth-order valence-electron chi connectivity index (χ4n) is 8.43. The standard InChI is InChI=1S/C33H44N4O5/c1-33(13-4-14-33)32(41)35-15-11-21(12-16-35)23-18-36(19-23)26-5-2-3-6-28(26)42-24-7-8-25-22(17-24)20-37(31(25)40)27-9-10-29(38)34-30(27)39/h7-8,17,21,23,26-28H,2-6,9-16,18-20H2,1H3,(H,34,38,39)/t26-,27?,28+/m1/s1. The van der Waals surface area contributed by atoms with Crippen molar-refractivity contribution in [3.05, 3.63) is 29.3 Å². The van der Waals surface area contributed by atoms with Crippen molar-refractivity contribution in [1.29, 1.82) is 0 Å². The Morgan fingerprint density at radius 1 is 0.952 bits per heavy atom. The maximum Gasteiger partial charge on any atom is 0.255 e. The van der Waals surface area contributed by atoms with Gasteiger partial charge in [-0.05, 0) is 87.0 Å². The van der Waals surface area contributed by atoms with Gasteiger partial charge in [0.1, 0.15) is 17.9 Å².